The van der Waals surface area contributed by atoms with Crippen LogP contribution in [0.2, 0.25) is 0 Å². The van der Waals surface area contributed by atoms with E-state index < -0.39 is 0 Å². The monoisotopic (exact) mass is 168 g/mol. The minimum Gasteiger partial charge on any atom is -0.339 e. The van der Waals surface area contributed by atoms with Crippen LogP contribution in [0.1, 0.15) is 25.7 Å². The van der Waals surface area contributed by atoms with E-state index in [0.717, 1.165) is 12.5 Å². The maximum Gasteiger partial charge on any atom is 0.224 e. The molecule has 2 N–H and O–H groups in total. The third kappa shape index (κ3) is 1.12. The van der Waals surface area contributed by atoms with Gasteiger partial charge < -0.3 is 10.6 Å². The molecule has 12 heavy (non-hydrogen) atoms. The van der Waals surface area contributed by atoms with E-state index in [1.54, 1.807) is 0 Å². The Morgan fingerprint density at radius 3 is 3.00 bits per heavy atom. The summed E-state index contributed by atoms with van der Waals surface area (Å²) in [7, 11) is 0. The van der Waals surface area contributed by atoms with Crippen LogP contribution >= 0.6 is 0 Å². The predicted octanol–water partition coefficient (Wildman–Crippen LogP) is 0.346. The summed E-state index contributed by atoms with van der Waals surface area (Å²) in [5.41, 5.74) is 5.34. The lowest BCUT2D eigenvalue weighted by Gasteiger charge is -2.44. The highest BCUT2D eigenvalue weighted by Gasteiger charge is 2.43. The molecule has 2 atom stereocenters. The molecule has 2 unspecified atom stereocenters. The highest BCUT2D eigenvalue weighted by Crippen LogP contribution is 2.38. The second-order valence-corrected chi connectivity index (χ2v) is 3.84. The third-order valence-corrected chi connectivity index (χ3v) is 3.13. The molecular formula is C9H16N2O. The van der Waals surface area contributed by atoms with Crippen molar-refractivity contribution in [2.24, 2.45) is 11.7 Å². The summed E-state index contributed by atoms with van der Waals surface area (Å²) in [6.07, 6.45) is 4.39. The molecule has 0 aromatic rings. The van der Waals surface area contributed by atoms with Crippen LogP contribution in [0.3, 0.4) is 0 Å². The number of likely N-dealkylation sites (tertiary alicyclic amines) is 1. The maximum absolute atomic E-state index is 11.4. The van der Waals surface area contributed by atoms with Crippen molar-refractivity contribution in [1.29, 1.82) is 0 Å². The summed E-state index contributed by atoms with van der Waals surface area (Å²) < 4.78 is 0. The second kappa shape index (κ2) is 3.05. The average Bonchev–Trinajstić information content (AvgIpc) is 2.33. The molecule has 3 nitrogen and oxygen atoms in total. The molecule has 2 fully saturated rings. The van der Waals surface area contributed by atoms with Crippen LogP contribution in [-0.2, 0) is 4.79 Å². The number of nitrogens with two attached hydrogens (primary N) is 1. The standard InChI is InChI=1S/C9H16N2O/c10-5-4-9(12)11-6-7-2-1-3-8(7)11/h7-8H,1-6,10H2. The van der Waals surface area contributed by atoms with E-state index >= 15 is 0 Å². The Morgan fingerprint density at radius 1 is 1.50 bits per heavy atom. The Kier molecular flexibility index (Phi) is 2.05. The lowest BCUT2D eigenvalue weighted by atomic mass is 9.91. The van der Waals surface area contributed by atoms with Gasteiger partial charge in [0.15, 0.2) is 0 Å². The normalized spacial score (nSPS) is 32.9. The molecule has 2 rings (SSSR count). The smallest absolute Gasteiger partial charge is 0.224 e. The van der Waals surface area contributed by atoms with Crippen LogP contribution in [0.25, 0.3) is 0 Å². The van der Waals surface area contributed by atoms with E-state index in [0.29, 0.717) is 19.0 Å². The number of amides is 1. The molecule has 0 aromatic heterocycles. The van der Waals surface area contributed by atoms with Crippen LogP contribution in [-0.4, -0.2) is 29.9 Å². The summed E-state index contributed by atoms with van der Waals surface area (Å²) in [6, 6.07) is 0.587. The predicted molar refractivity (Wildman–Crippen MR) is 46.5 cm³/mol. The first-order valence-corrected chi connectivity index (χ1v) is 4.82. The molecule has 0 aromatic carbocycles. The summed E-state index contributed by atoms with van der Waals surface area (Å²) in [5, 5.41) is 0. The van der Waals surface area contributed by atoms with Gasteiger partial charge in [-0.3, -0.25) is 4.79 Å². The molecule has 1 saturated heterocycles. The lowest BCUT2D eigenvalue weighted by Crippen LogP contribution is -2.56. The van der Waals surface area contributed by atoms with E-state index in [-0.39, 0.29) is 5.91 Å². The Morgan fingerprint density at radius 2 is 2.33 bits per heavy atom. The highest BCUT2D eigenvalue weighted by atomic mass is 16.2. The van der Waals surface area contributed by atoms with Gasteiger partial charge in [0.25, 0.3) is 0 Å². The van der Waals surface area contributed by atoms with Gasteiger partial charge in [0.1, 0.15) is 0 Å². The minimum atomic E-state index is 0.264. The fraction of sp³-hybridized carbons (Fsp3) is 0.889. The van der Waals surface area contributed by atoms with Crippen molar-refractivity contribution in [3.8, 4) is 0 Å². The van der Waals surface area contributed by atoms with Gasteiger partial charge in [-0.25, -0.2) is 0 Å². The topological polar surface area (TPSA) is 46.3 Å². The SMILES string of the molecule is NCCC(=O)N1CC2CCCC21. The molecule has 68 valence electrons. The van der Waals surface area contributed by atoms with Crippen LogP contribution < -0.4 is 5.73 Å². The third-order valence-electron chi connectivity index (χ3n) is 3.13. The Bertz CT molecular complexity index is 193. The summed E-state index contributed by atoms with van der Waals surface area (Å²) in [5.74, 6) is 1.09. The number of rotatable bonds is 2. The number of fused-ring (bicyclic) bond motifs is 1. The minimum absolute atomic E-state index is 0.264. The van der Waals surface area contributed by atoms with Gasteiger partial charge >= 0.3 is 0 Å². The summed E-state index contributed by atoms with van der Waals surface area (Å²) >= 11 is 0. The van der Waals surface area contributed by atoms with Crippen molar-refractivity contribution >= 4 is 5.91 Å². The van der Waals surface area contributed by atoms with Crippen molar-refractivity contribution in [2.45, 2.75) is 31.7 Å². The van der Waals surface area contributed by atoms with Crippen LogP contribution in [0.5, 0.6) is 0 Å². The van der Waals surface area contributed by atoms with E-state index in [9.17, 15) is 4.79 Å². The fourth-order valence-electron chi connectivity index (χ4n) is 2.44. The molecule has 1 amide bonds. The van der Waals surface area contributed by atoms with Crippen molar-refractivity contribution in [3.63, 3.8) is 0 Å². The van der Waals surface area contributed by atoms with Crippen LogP contribution in [0.15, 0.2) is 0 Å². The van der Waals surface area contributed by atoms with Gasteiger partial charge in [-0.05, 0) is 18.8 Å². The fourth-order valence-corrected chi connectivity index (χ4v) is 2.44. The quantitative estimate of drug-likeness (QED) is 0.646. The Hall–Kier alpha value is -0.570. The second-order valence-electron chi connectivity index (χ2n) is 3.84. The van der Waals surface area contributed by atoms with Gasteiger partial charge in [-0.15, -0.1) is 0 Å². The molecule has 1 heterocycles. The summed E-state index contributed by atoms with van der Waals surface area (Å²) in [4.78, 5) is 13.4. The largest absolute Gasteiger partial charge is 0.339 e. The van der Waals surface area contributed by atoms with Gasteiger partial charge in [-0.2, -0.15) is 0 Å². The number of hydrogen-bond donors (Lipinski definition) is 1. The van der Waals surface area contributed by atoms with Crippen molar-refractivity contribution in [2.75, 3.05) is 13.1 Å². The zero-order valence-electron chi connectivity index (χ0n) is 7.33. The number of carbonyl (C=O) groups excluding carboxylic acids is 1. The van der Waals surface area contributed by atoms with Gasteiger partial charge in [0.2, 0.25) is 5.91 Å². The highest BCUT2D eigenvalue weighted by molar-refractivity contribution is 5.77. The van der Waals surface area contributed by atoms with E-state index in [1.165, 1.54) is 19.3 Å². The Labute approximate surface area is 72.9 Å². The first-order valence-electron chi connectivity index (χ1n) is 4.82. The molecule has 2 aliphatic rings. The number of nitrogens with zero attached hydrogens (tertiary/aromatic N) is 1. The van der Waals surface area contributed by atoms with Crippen molar-refractivity contribution < 1.29 is 4.79 Å². The first-order chi connectivity index (χ1) is 5.83. The van der Waals surface area contributed by atoms with Gasteiger partial charge in [0, 0.05) is 25.6 Å². The molecule has 3 heteroatoms. The molecule has 1 saturated carbocycles. The van der Waals surface area contributed by atoms with Crippen molar-refractivity contribution in [1.82, 2.24) is 4.90 Å². The maximum atomic E-state index is 11.4. The van der Waals surface area contributed by atoms with Gasteiger partial charge in [0.05, 0.1) is 0 Å². The zero-order chi connectivity index (χ0) is 8.55. The number of carbonyl (C=O) groups is 1. The molecule has 1 aliphatic heterocycles. The molecule has 1 aliphatic carbocycles. The molecule has 0 bridgehead atoms. The van der Waals surface area contributed by atoms with E-state index in [4.69, 9.17) is 5.73 Å². The van der Waals surface area contributed by atoms with Gasteiger partial charge in [-0.1, -0.05) is 6.42 Å². The van der Waals surface area contributed by atoms with E-state index in [1.807, 2.05) is 4.90 Å². The van der Waals surface area contributed by atoms with Crippen LogP contribution in [0.4, 0.5) is 0 Å². The molecular weight excluding hydrogens is 152 g/mol. The van der Waals surface area contributed by atoms with Crippen molar-refractivity contribution in [3.05, 3.63) is 0 Å². The lowest BCUT2D eigenvalue weighted by molar-refractivity contribution is -0.141. The molecule has 0 spiro atoms. The molecule has 0 radical (unpaired) electrons. The van der Waals surface area contributed by atoms with Crippen LogP contribution in [0, 0.1) is 5.92 Å². The van der Waals surface area contributed by atoms with E-state index in [2.05, 4.69) is 0 Å². The Balaban J connectivity index is 1.87. The summed E-state index contributed by atoms with van der Waals surface area (Å²) in [6.45, 7) is 1.50. The first kappa shape index (κ1) is 8.05. The number of hydrogen-bond acceptors (Lipinski definition) is 2. The zero-order valence-corrected chi connectivity index (χ0v) is 7.33. The average molecular weight is 168 g/mol.